The molecule has 0 fully saturated rings. The molecule has 0 aliphatic heterocycles. The molecule has 0 aliphatic carbocycles. The number of hydrogen-bond donors (Lipinski definition) is 0. The van der Waals surface area contributed by atoms with Crippen LogP contribution >= 0.6 is 11.6 Å². The minimum absolute atomic E-state index is 0.702. The van der Waals surface area contributed by atoms with Crippen molar-refractivity contribution in [3.8, 4) is 11.1 Å². The lowest BCUT2D eigenvalue weighted by atomic mass is 9.92. The van der Waals surface area contributed by atoms with Crippen molar-refractivity contribution in [3.05, 3.63) is 83.9 Å². The fraction of sp³-hybridized carbons (Fsp3) is 0. The zero-order valence-electron chi connectivity index (χ0n) is 13.8. The van der Waals surface area contributed by atoms with Crippen molar-refractivity contribution in [2.24, 2.45) is 0 Å². The number of halogens is 1. The van der Waals surface area contributed by atoms with E-state index < -0.39 is 0 Å². The molecular formula is C24H13ClO. The Morgan fingerprint density at radius 3 is 1.88 bits per heavy atom. The van der Waals surface area contributed by atoms with Crippen LogP contribution in [0.15, 0.2) is 83.3 Å². The zero-order chi connectivity index (χ0) is 17.3. The normalized spacial score (nSPS) is 12.0. The van der Waals surface area contributed by atoms with Crippen molar-refractivity contribution in [2.45, 2.75) is 0 Å². The van der Waals surface area contributed by atoms with E-state index >= 15 is 0 Å². The average Bonchev–Trinajstić information content (AvgIpc) is 3.05. The van der Waals surface area contributed by atoms with Crippen LogP contribution in [-0.2, 0) is 0 Å². The highest BCUT2D eigenvalue weighted by molar-refractivity contribution is 6.37. The molecule has 1 aromatic heterocycles. The quantitative estimate of drug-likeness (QED) is 0.277. The van der Waals surface area contributed by atoms with Gasteiger partial charge in [-0.25, -0.2) is 0 Å². The fourth-order valence-electron chi connectivity index (χ4n) is 4.17. The Balaban J connectivity index is 1.91. The molecule has 0 amide bonds. The molecule has 0 bridgehead atoms. The first kappa shape index (κ1) is 14.2. The topological polar surface area (TPSA) is 13.1 Å². The number of fused-ring (bicyclic) bond motifs is 3. The predicted octanol–water partition coefficient (Wildman–Crippen LogP) is 7.65. The van der Waals surface area contributed by atoms with Gasteiger partial charge in [0.15, 0.2) is 0 Å². The molecule has 2 heteroatoms. The lowest BCUT2D eigenvalue weighted by Gasteiger charge is -2.10. The Morgan fingerprint density at radius 1 is 0.538 bits per heavy atom. The summed E-state index contributed by atoms with van der Waals surface area (Å²) in [6.45, 7) is 0. The van der Waals surface area contributed by atoms with Gasteiger partial charge in [0.2, 0.25) is 0 Å². The third-order valence-corrected chi connectivity index (χ3v) is 5.47. The highest BCUT2D eigenvalue weighted by Gasteiger charge is 2.18. The SMILES string of the molecule is Clc1cc2oc3cc(-c4ccccc4)cc4c5ccccc5c(c1)c2c34. The maximum atomic E-state index is 6.38. The molecule has 0 atom stereocenters. The van der Waals surface area contributed by atoms with Crippen LogP contribution in [0.4, 0.5) is 0 Å². The van der Waals surface area contributed by atoms with E-state index in [1.807, 2.05) is 18.2 Å². The van der Waals surface area contributed by atoms with Crippen LogP contribution in [0.2, 0.25) is 5.02 Å². The summed E-state index contributed by atoms with van der Waals surface area (Å²) in [6.07, 6.45) is 0. The minimum atomic E-state index is 0.702. The van der Waals surface area contributed by atoms with Gasteiger partial charge in [-0.05, 0) is 50.9 Å². The van der Waals surface area contributed by atoms with Crippen LogP contribution in [0.1, 0.15) is 0 Å². The van der Waals surface area contributed by atoms with Gasteiger partial charge < -0.3 is 4.42 Å². The van der Waals surface area contributed by atoms with Crippen molar-refractivity contribution in [1.29, 1.82) is 0 Å². The van der Waals surface area contributed by atoms with Crippen LogP contribution in [0.5, 0.6) is 0 Å². The first-order valence-electron chi connectivity index (χ1n) is 8.64. The smallest absolute Gasteiger partial charge is 0.137 e. The Kier molecular flexibility index (Phi) is 2.72. The van der Waals surface area contributed by atoms with Gasteiger partial charge in [-0.1, -0.05) is 66.2 Å². The van der Waals surface area contributed by atoms with Crippen LogP contribution in [0, 0.1) is 0 Å². The summed E-state index contributed by atoms with van der Waals surface area (Å²) in [4.78, 5) is 0. The molecule has 0 radical (unpaired) electrons. The Hall–Kier alpha value is -3.03. The van der Waals surface area contributed by atoms with Crippen molar-refractivity contribution < 1.29 is 4.42 Å². The van der Waals surface area contributed by atoms with Crippen molar-refractivity contribution in [2.75, 3.05) is 0 Å². The van der Waals surface area contributed by atoms with Gasteiger partial charge in [-0.3, -0.25) is 0 Å². The van der Waals surface area contributed by atoms with Crippen LogP contribution in [0.3, 0.4) is 0 Å². The molecule has 5 aromatic carbocycles. The summed E-state index contributed by atoms with van der Waals surface area (Å²) >= 11 is 6.38. The Bertz CT molecular complexity index is 1430. The summed E-state index contributed by atoms with van der Waals surface area (Å²) in [6, 6.07) is 27.3. The molecule has 0 spiro atoms. The Morgan fingerprint density at radius 2 is 1.15 bits per heavy atom. The molecule has 122 valence electrons. The first-order valence-corrected chi connectivity index (χ1v) is 9.02. The van der Waals surface area contributed by atoms with E-state index in [1.54, 1.807) is 0 Å². The third-order valence-electron chi connectivity index (χ3n) is 5.25. The second-order valence-electron chi connectivity index (χ2n) is 6.74. The second kappa shape index (κ2) is 5.00. The van der Waals surface area contributed by atoms with Crippen molar-refractivity contribution >= 4 is 55.1 Å². The van der Waals surface area contributed by atoms with Gasteiger partial charge in [0.05, 0.1) is 0 Å². The van der Waals surface area contributed by atoms with Crippen molar-refractivity contribution in [3.63, 3.8) is 0 Å². The molecule has 26 heavy (non-hydrogen) atoms. The van der Waals surface area contributed by atoms with E-state index in [9.17, 15) is 0 Å². The summed E-state index contributed by atoms with van der Waals surface area (Å²) in [5.41, 5.74) is 4.11. The van der Waals surface area contributed by atoms with E-state index in [0.717, 1.165) is 27.5 Å². The maximum absolute atomic E-state index is 6.38. The number of benzene rings is 5. The monoisotopic (exact) mass is 352 g/mol. The lowest BCUT2D eigenvalue weighted by Crippen LogP contribution is -1.84. The number of furan rings is 1. The van der Waals surface area contributed by atoms with Gasteiger partial charge in [-0.15, -0.1) is 0 Å². The Labute approximate surface area is 154 Å². The second-order valence-corrected chi connectivity index (χ2v) is 7.17. The molecule has 6 aromatic rings. The molecule has 0 aliphatic rings. The van der Waals surface area contributed by atoms with E-state index in [1.165, 1.54) is 27.1 Å². The molecule has 0 unspecified atom stereocenters. The standard InChI is InChI=1S/C24H13ClO/c25-16-12-20-18-9-5-4-8-17(18)19-10-15(14-6-2-1-3-7-14)11-21-23(19)24(20)22(13-16)26-21/h1-13H. The van der Waals surface area contributed by atoms with Gasteiger partial charge in [-0.2, -0.15) is 0 Å². The minimum Gasteiger partial charge on any atom is -0.456 e. The predicted molar refractivity (Wildman–Crippen MR) is 110 cm³/mol. The summed E-state index contributed by atoms with van der Waals surface area (Å²) < 4.78 is 6.24. The van der Waals surface area contributed by atoms with Gasteiger partial charge in [0, 0.05) is 21.9 Å². The maximum Gasteiger partial charge on any atom is 0.137 e. The summed E-state index contributed by atoms with van der Waals surface area (Å²) in [5.74, 6) is 0. The van der Waals surface area contributed by atoms with E-state index in [0.29, 0.717) is 5.02 Å². The van der Waals surface area contributed by atoms with E-state index in [2.05, 4.69) is 60.7 Å². The number of hydrogen-bond acceptors (Lipinski definition) is 1. The molecule has 6 rings (SSSR count). The van der Waals surface area contributed by atoms with Crippen molar-refractivity contribution in [1.82, 2.24) is 0 Å². The number of rotatable bonds is 1. The van der Waals surface area contributed by atoms with Crippen LogP contribution in [-0.4, -0.2) is 0 Å². The largest absolute Gasteiger partial charge is 0.456 e. The summed E-state index contributed by atoms with van der Waals surface area (Å²) in [5, 5.41) is 7.87. The first-order chi connectivity index (χ1) is 12.8. The van der Waals surface area contributed by atoms with E-state index in [4.69, 9.17) is 16.0 Å². The average molecular weight is 353 g/mol. The molecule has 0 saturated carbocycles. The van der Waals surface area contributed by atoms with E-state index in [-0.39, 0.29) is 0 Å². The van der Waals surface area contributed by atoms with Crippen LogP contribution < -0.4 is 0 Å². The highest BCUT2D eigenvalue weighted by Crippen LogP contribution is 2.45. The molecule has 1 heterocycles. The van der Waals surface area contributed by atoms with Gasteiger partial charge in [0.25, 0.3) is 0 Å². The van der Waals surface area contributed by atoms with Crippen LogP contribution in [0.25, 0.3) is 54.6 Å². The zero-order valence-corrected chi connectivity index (χ0v) is 14.5. The molecular weight excluding hydrogens is 340 g/mol. The van der Waals surface area contributed by atoms with Gasteiger partial charge >= 0.3 is 0 Å². The van der Waals surface area contributed by atoms with Gasteiger partial charge in [0.1, 0.15) is 11.2 Å². The third kappa shape index (κ3) is 1.81. The molecule has 0 saturated heterocycles. The molecule has 1 nitrogen and oxygen atoms in total. The summed E-state index contributed by atoms with van der Waals surface area (Å²) in [7, 11) is 0. The fourth-order valence-corrected chi connectivity index (χ4v) is 4.38. The highest BCUT2D eigenvalue weighted by atomic mass is 35.5. The lowest BCUT2D eigenvalue weighted by molar-refractivity contribution is 0.669. The molecule has 0 N–H and O–H groups in total.